The molecule has 3 aromatic heterocycles. The highest BCUT2D eigenvalue weighted by molar-refractivity contribution is 8.00. The predicted molar refractivity (Wildman–Crippen MR) is 116 cm³/mol. The molecule has 0 saturated heterocycles. The SMILES string of the molecule is O=C(Nc1ccc2c(c1)OCO2)Nc1nnc(SCc2cc(=O)n3ccccc3n2)s1. The lowest BCUT2D eigenvalue weighted by molar-refractivity contribution is 0.174. The quantitative estimate of drug-likeness (QED) is 0.348. The average molecular weight is 454 g/mol. The number of nitrogens with one attached hydrogen (secondary N) is 2. The predicted octanol–water partition coefficient (Wildman–Crippen LogP) is 3.21. The molecule has 31 heavy (non-hydrogen) atoms. The Kier molecular flexibility index (Phi) is 5.14. The Morgan fingerprint density at radius 3 is 2.97 bits per heavy atom. The molecule has 0 radical (unpaired) electrons. The maximum absolute atomic E-state index is 12.2. The molecule has 12 heteroatoms. The van der Waals surface area contributed by atoms with Gasteiger partial charge in [-0.2, -0.15) is 0 Å². The van der Waals surface area contributed by atoms with Crippen molar-refractivity contribution in [1.82, 2.24) is 19.6 Å². The van der Waals surface area contributed by atoms with Crippen molar-refractivity contribution < 1.29 is 14.3 Å². The first-order chi connectivity index (χ1) is 15.1. The highest BCUT2D eigenvalue weighted by Crippen LogP contribution is 2.34. The molecule has 1 aliphatic heterocycles. The number of thioether (sulfide) groups is 1. The third-order valence-electron chi connectivity index (χ3n) is 4.22. The molecule has 5 rings (SSSR count). The van der Waals surface area contributed by atoms with Gasteiger partial charge in [-0.3, -0.25) is 14.5 Å². The Labute approximate surface area is 183 Å². The zero-order chi connectivity index (χ0) is 21.2. The zero-order valence-electron chi connectivity index (χ0n) is 15.8. The van der Waals surface area contributed by atoms with E-state index < -0.39 is 6.03 Å². The molecule has 0 spiro atoms. The van der Waals surface area contributed by atoms with Gasteiger partial charge in [0.15, 0.2) is 15.8 Å². The molecule has 156 valence electrons. The Bertz CT molecular complexity index is 1340. The molecular weight excluding hydrogens is 440 g/mol. The summed E-state index contributed by atoms with van der Waals surface area (Å²) in [6.07, 6.45) is 1.68. The highest BCUT2D eigenvalue weighted by atomic mass is 32.2. The average Bonchev–Trinajstić information content (AvgIpc) is 3.41. The molecule has 0 atom stereocenters. The van der Waals surface area contributed by atoms with Gasteiger partial charge in [0.2, 0.25) is 11.9 Å². The van der Waals surface area contributed by atoms with Gasteiger partial charge in [0.1, 0.15) is 5.65 Å². The van der Waals surface area contributed by atoms with Crippen LogP contribution in [0.2, 0.25) is 0 Å². The van der Waals surface area contributed by atoms with Crippen LogP contribution >= 0.6 is 23.1 Å². The number of amides is 2. The molecule has 0 fully saturated rings. The number of aromatic nitrogens is 4. The van der Waals surface area contributed by atoms with Crippen LogP contribution in [0.3, 0.4) is 0 Å². The van der Waals surface area contributed by atoms with Crippen LogP contribution in [-0.4, -0.2) is 32.4 Å². The second-order valence-corrected chi connectivity index (χ2v) is 8.52. The van der Waals surface area contributed by atoms with E-state index in [2.05, 4.69) is 25.8 Å². The number of carbonyl (C=O) groups is 1. The van der Waals surface area contributed by atoms with Gasteiger partial charge in [0, 0.05) is 29.8 Å². The number of rotatable bonds is 5. The maximum Gasteiger partial charge on any atom is 0.325 e. The van der Waals surface area contributed by atoms with Crippen LogP contribution in [0.15, 0.2) is 57.8 Å². The topological polar surface area (TPSA) is 120 Å². The minimum Gasteiger partial charge on any atom is -0.454 e. The molecule has 0 saturated carbocycles. The van der Waals surface area contributed by atoms with Crippen LogP contribution in [0.25, 0.3) is 5.65 Å². The molecule has 4 aromatic rings. The first-order valence-corrected chi connectivity index (χ1v) is 10.9. The van der Waals surface area contributed by atoms with Crippen LogP contribution in [-0.2, 0) is 5.75 Å². The fraction of sp³-hybridized carbons (Fsp3) is 0.105. The lowest BCUT2D eigenvalue weighted by Gasteiger charge is -2.05. The summed E-state index contributed by atoms with van der Waals surface area (Å²) >= 11 is 2.62. The van der Waals surface area contributed by atoms with Crippen LogP contribution in [0, 0.1) is 0 Å². The Morgan fingerprint density at radius 1 is 1.13 bits per heavy atom. The van der Waals surface area contributed by atoms with E-state index in [1.807, 2.05) is 6.07 Å². The smallest absolute Gasteiger partial charge is 0.325 e. The van der Waals surface area contributed by atoms with Gasteiger partial charge in [-0.15, -0.1) is 10.2 Å². The van der Waals surface area contributed by atoms with Crippen molar-refractivity contribution in [3.63, 3.8) is 0 Å². The van der Waals surface area contributed by atoms with E-state index in [1.165, 1.54) is 33.6 Å². The Morgan fingerprint density at radius 2 is 2.03 bits per heavy atom. The number of anilines is 2. The first kappa shape index (κ1) is 19.3. The third kappa shape index (κ3) is 4.29. The normalized spacial score (nSPS) is 12.1. The van der Waals surface area contributed by atoms with Gasteiger partial charge in [-0.1, -0.05) is 29.2 Å². The molecule has 4 heterocycles. The number of pyridine rings is 1. The number of carbonyl (C=O) groups excluding carboxylic acids is 1. The summed E-state index contributed by atoms with van der Waals surface area (Å²) in [5.74, 6) is 1.67. The van der Waals surface area contributed by atoms with Crippen molar-refractivity contribution in [3.05, 3.63) is 64.7 Å². The van der Waals surface area contributed by atoms with Crippen molar-refractivity contribution in [1.29, 1.82) is 0 Å². The number of ether oxygens (including phenoxy) is 2. The number of nitrogens with zero attached hydrogens (tertiary/aromatic N) is 4. The molecule has 0 unspecified atom stereocenters. The van der Waals surface area contributed by atoms with Crippen molar-refractivity contribution in [2.75, 3.05) is 17.4 Å². The van der Waals surface area contributed by atoms with Crippen molar-refractivity contribution in [2.24, 2.45) is 0 Å². The molecule has 2 amide bonds. The zero-order valence-corrected chi connectivity index (χ0v) is 17.4. The first-order valence-electron chi connectivity index (χ1n) is 9.05. The number of fused-ring (bicyclic) bond motifs is 2. The van der Waals surface area contributed by atoms with Crippen LogP contribution < -0.4 is 25.7 Å². The lowest BCUT2D eigenvalue weighted by Crippen LogP contribution is -2.19. The van der Waals surface area contributed by atoms with Gasteiger partial charge in [-0.25, -0.2) is 9.78 Å². The summed E-state index contributed by atoms with van der Waals surface area (Å²) in [5.41, 5.74) is 1.66. The van der Waals surface area contributed by atoms with Crippen molar-refractivity contribution in [2.45, 2.75) is 10.1 Å². The maximum atomic E-state index is 12.2. The van der Waals surface area contributed by atoms with Crippen molar-refractivity contribution in [3.8, 4) is 11.5 Å². The van der Waals surface area contributed by atoms with E-state index >= 15 is 0 Å². The highest BCUT2D eigenvalue weighted by Gasteiger charge is 2.15. The van der Waals surface area contributed by atoms with E-state index in [4.69, 9.17) is 9.47 Å². The Hall–Kier alpha value is -3.64. The van der Waals surface area contributed by atoms with E-state index in [0.29, 0.717) is 43.8 Å². The minimum absolute atomic E-state index is 0.138. The second kappa shape index (κ2) is 8.24. The van der Waals surface area contributed by atoms with Gasteiger partial charge in [-0.05, 0) is 24.3 Å². The minimum atomic E-state index is -0.448. The summed E-state index contributed by atoms with van der Waals surface area (Å²) in [7, 11) is 0. The standard InChI is InChI=1S/C19H14N6O4S2/c26-16-8-12(20-15-3-1-2-6-25(15)16)9-30-19-24-23-18(31-19)22-17(27)21-11-4-5-13-14(7-11)29-10-28-13/h1-8H,9-10H2,(H2,21,22,23,27). The monoisotopic (exact) mass is 454 g/mol. The molecule has 10 nitrogen and oxygen atoms in total. The molecule has 2 N–H and O–H groups in total. The summed E-state index contributed by atoms with van der Waals surface area (Å²) in [6.45, 7) is 0.167. The number of hydrogen-bond donors (Lipinski definition) is 2. The molecule has 1 aliphatic rings. The summed E-state index contributed by atoms with van der Waals surface area (Å²) in [5, 5.41) is 13.8. The fourth-order valence-corrected chi connectivity index (χ4v) is 4.50. The number of hydrogen-bond acceptors (Lipinski definition) is 9. The van der Waals surface area contributed by atoms with Crippen LogP contribution in [0.1, 0.15) is 5.69 Å². The molecular formula is C19H14N6O4S2. The van der Waals surface area contributed by atoms with Gasteiger partial charge >= 0.3 is 6.03 Å². The summed E-state index contributed by atoms with van der Waals surface area (Å²) < 4.78 is 12.7. The van der Waals surface area contributed by atoms with E-state index in [-0.39, 0.29) is 12.4 Å². The number of benzene rings is 1. The summed E-state index contributed by atoms with van der Waals surface area (Å²) in [4.78, 5) is 28.9. The Balaban J connectivity index is 1.19. The van der Waals surface area contributed by atoms with Gasteiger partial charge in [0.05, 0.1) is 5.69 Å². The van der Waals surface area contributed by atoms with E-state index in [0.717, 1.165) is 0 Å². The largest absolute Gasteiger partial charge is 0.454 e. The van der Waals surface area contributed by atoms with Gasteiger partial charge in [0.25, 0.3) is 5.56 Å². The fourth-order valence-electron chi connectivity index (χ4n) is 2.87. The molecule has 0 bridgehead atoms. The van der Waals surface area contributed by atoms with Crippen LogP contribution in [0.5, 0.6) is 11.5 Å². The van der Waals surface area contributed by atoms with Crippen molar-refractivity contribution >= 4 is 45.6 Å². The van der Waals surface area contributed by atoms with E-state index in [9.17, 15) is 9.59 Å². The van der Waals surface area contributed by atoms with E-state index in [1.54, 1.807) is 36.5 Å². The summed E-state index contributed by atoms with van der Waals surface area (Å²) in [6, 6.07) is 11.6. The molecule has 1 aromatic carbocycles. The third-order valence-corrected chi connectivity index (χ3v) is 6.23. The van der Waals surface area contributed by atoms with Gasteiger partial charge < -0.3 is 14.8 Å². The second-order valence-electron chi connectivity index (χ2n) is 6.32. The number of urea groups is 1. The van der Waals surface area contributed by atoms with Crippen LogP contribution in [0.4, 0.5) is 15.6 Å². The lowest BCUT2D eigenvalue weighted by atomic mass is 10.3. The molecule has 0 aliphatic carbocycles.